The third-order valence-electron chi connectivity index (χ3n) is 6.18. The molecule has 2 saturated heterocycles. The molecule has 0 aliphatic carbocycles. The molecule has 1 atom stereocenters. The van der Waals surface area contributed by atoms with E-state index in [-0.39, 0.29) is 11.3 Å². The van der Waals surface area contributed by atoms with Crippen LogP contribution in [0, 0.1) is 6.92 Å². The Kier molecular flexibility index (Phi) is 6.94. The van der Waals surface area contributed by atoms with E-state index in [1.54, 1.807) is 29.2 Å². The quantitative estimate of drug-likeness (QED) is 0.398. The van der Waals surface area contributed by atoms with E-state index in [2.05, 4.69) is 0 Å². The van der Waals surface area contributed by atoms with E-state index < -0.39 is 17.7 Å². The maximum Gasteiger partial charge on any atom is 0.295 e. The van der Waals surface area contributed by atoms with Gasteiger partial charge in [0.25, 0.3) is 11.7 Å². The van der Waals surface area contributed by atoms with Crippen LogP contribution in [0.3, 0.4) is 0 Å². The second-order valence-electron chi connectivity index (χ2n) is 8.38. The number of aliphatic hydroxyl groups is 1. The van der Waals surface area contributed by atoms with Gasteiger partial charge in [0, 0.05) is 23.6 Å². The fraction of sp³-hybridized carbons (Fsp3) is 0.360. The highest BCUT2D eigenvalue weighted by molar-refractivity contribution is 6.46. The van der Waals surface area contributed by atoms with Crippen molar-refractivity contribution in [3.63, 3.8) is 0 Å². The Morgan fingerprint density at radius 1 is 1.09 bits per heavy atom. The molecule has 0 aromatic heterocycles. The van der Waals surface area contributed by atoms with Crippen molar-refractivity contribution in [1.82, 2.24) is 4.90 Å². The number of carbonyl (C=O) groups is 2. The van der Waals surface area contributed by atoms with Crippen LogP contribution in [-0.2, 0) is 14.3 Å². The van der Waals surface area contributed by atoms with Gasteiger partial charge in [-0.25, -0.2) is 0 Å². The minimum Gasteiger partial charge on any atom is -0.507 e. The standard InChI is InChI=1S/C25H27ClN2O4/c1-17-3-5-19(6-4-17)23(29)21-22(18-7-9-20(26)10-8-18)28(25(31)24(21)30)12-2-11-27-13-15-32-16-14-27/h3-10,22,29H,2,11-16H2,1H3/p+1. The number of nitrogens with one attached hydrogen (secondary N) is 1. The number of ketones is 1. The number of carbonyl (C=O) groups excluding carboxylic acids is 2. The van der Waals surface area contributed by atoms with Crippen LogP contribution in [-0.4, -0.2) is 61.1 Å². The molecule has 2 aliphatic heterocycles. The minimum atomic E-state index is -0.651. The smallest absolute Gasteiger partial charge is 0.295 e. The highest BCUT2D eigenvalue weighted by Crippen LogP contribution is 2.39. The summed E-state index contributed by atoms with van der Waals surface area (Å²) >= 11 is 6.07. The van der Waals surface area contributed by atoms with Gasteiger partial charge in [-0.1, -0.05) is 53.6 Å². The lowest BCUT2D eigenvalue weighted by atomic mass is 9.95. The Labute approximate surface area is 193 Å². The molecule has 0 radical (unpaired) electrons. The minimum absolute atomic E-state index is 0.125. The predicted octanol–water partition coefficient (Wildman–Crippen LogP) is 2.38. The molecule has 32 heavy (non-hydrogen) atoms. The molecule has 0 saturated carbocycles. The van der Waals surface area contributed by atoms with Crippen molar-refractivity contribution < 1.29 is 24.3 Å². The first kappa shape index (κ1) is 22.5. The summed E-state index contributed by atoms with van der Waals surface area (Å²) in [5, 5.41) is 11.6. The molecular formula is C25H28ClN2O4+. The van der Waals surface area contributed by atoms with Gasteiger partial charge in [-0.2, -0.15) is 0 Å². The van der Waals surface area contributed by atoms with Crippen LogP contribution in [0.4, 0.5) is 0 Å². The first-order valence-electron chi connectivity index (χ1n) is 11.0. The van der Waals surface area contributed by atoms with Gasteiger partial charge in [0.05, 0.1) is 31.4 Å². The number of amides is 1. The molecule has 6 nitrogen and oxygen atoms in total. The van der Waals surface area contributed by atoms with Crippen molar-refractivity contribution in [2.45, 2.75) is 19.4 Å². The van der Waals surface area contributed by atoms with Gasteiger partial charge >= 0.3 is 0 Å². The zero-order chi connectivity index (χ0) is 22.7. The average Bonchev–Trinajstić information content (AvgIpc) is 3.05. The Morgan fingerprint density at radius 2 is 1.75 bits per heavy atom. The van der Waals surface area contributed by atoms with E-state index in [0.717, 1.165) is 50.4 Å². The second kappa shape index (κ2) is 9.86. The summed E-state index contributed by atoms with van der Waals surface area (Å²) in [5.41, 5.74) is 2.44. The molecular weight excluding hydrogens is 428 g/mol. The van der Waals surface area contributed by atoms with Crippen molar-refractivity contribution in [2.24, 2.45) is 0 Å². The fourth-order valence-corrected chi connectivity index (χ4v) is 4.50. The van der Waals surface area contributed by atoms with Crippen molar-refractivity contribution in [2.75, 3.05) is 39.4 Å². The lowest BCUT2D eigenvalue weighted by Gasteiger charge is -2.27. The number of ether oxygens (including phenoxy) is 1. The van der Waals surface area contributed by atoms with Crippen LogP contribution in [0.25, 0.3) is 5.76 Å². The number of aliphatic hydroxyl groups excluding tert-OH is 1. The average molecular weight is 456 g/mol. The van der Waals surface area contributed by atoms with E-state index in [1.807, 2.05) is 31.2 Å². The lowest BCUT2D eigenvalue weighted by molar-refractivity contribution is -0.908. The van der Waals surface area contributed by atoms with Crippen LogP contribution in [0.15, 0.2) is 54.1 Å². The molecule has 7 heteroatoms. The summed E-state index contributed by atoms with van der Waals surface area (Å²) in [6.07, 6.45) is 0.761. The summed E-state index contributed by atoms with van der Waals surface area (Å²) in [6.45, 7) is 6.69. The van der Waals surface area contributed by atoms with Crippen LogP contribution < -0.4 is 4.90 Å². The number of halogens is 1. The molecule has 2 heterocycles. The monoisotopic (exact) mass is 455 g/mol. The molecule has 1 amide bonds. The van der Waals surface area contributed by atoms with Crippen molar-refractivity contribution in [3.05, 3.63) is 75.8 Å². The zero-order valence-electron chi connectivity index (χ0n) is 18.1. The van der Waals surface area contributed by atoms with Gasteiger partial charge in [-0.3, -0.25) is 9.59 Å². The third kappa shape index (κ3) is 4.72. The molecule has 2 fully saturated rings. The number of hydrogen-bond acceptors (Lipinski definition) is 4. The maximum atomic E-state index is 13.1. The van der Waals surface area contributed by atoms with Gasteiger partial charge in [-0.15, -0.1) is 0 Å². The number of hydrogen-bond donors (Lipinski definition) is 2. The van der Waals surface area contributed by atoms with Crippen molar-refractivity contribution >= 4 is 29.1 Å². The number of Topliss-reactive ketones (excluding diaryl/α,β-unsaturated/α-hetero) is 1. The van der Waals surface area contributed by atoms with E-state index >= 15 is 0 Å². The third-order valence-corrected chi connectivity index (χ3v) is 6.43. The summed E-state index contributed by atoms with van der Waals surface area (Å²) in [6, 6.07) is 13.7. The Balaban J connectivity index is 1.66. The Bertz CT molecular complexity index is 1010. The normalized spacial score (nSPS) is 21.3. The number of quaternary nitrogens is 1. The van der Waals surface area contributed by atoms with E-state index in [4.69, 9.17) is 16.3 Å². The molecule has 2 aromatic carbocycles. The number of morpholine rings is 1. The molecule has 1 unspecified atom stereocenters. The first-order chi connectivity index (χ1) is 15.5. The molecule has 168 valence electrons. The van der Waals surface area contributed by atoms with Crippen LogP contribution in [0.5, 0.6) is 0 Å². The largest absolute Gasteiger partial charge is 0.507 e. The van der Waals surface area contributed by atoms with Crippen LogP contribution in [0.1, 0.15) is 29.2 Å². The molecule has 2 aromatic rings. The van der Waals surface area contributed by atoms with Gasteiger partial charge in [0.15, 0.2) is 0 Å². The van der Waals surface area contributed by atoms with Crippen LogP contribution >= 0.6 is 11.6 Å². The summed E-state index contributed by atoms with van der Waals surface area (Å²) in [4.78, 5) is 29.1. The van der Waals surface area contributed by atoms with Gasteiger partial charge in [-0.05, 0) is 24.6 Å². The summed E-state index contributed by atoms with van der Waals surface area (Å²) in [5.74, 6) is -1.37. The van der Waals surface area contributed by atoms with E-state index in [0.29, 0.717) is 17.1 Å². The number of aryl methyl sites for hydroxylation is 1. The van der Waals surface area contributed by atoms with E-state index in [9.17, 15) is 14.7 Å². The van der Waals surface area contributed by atoms with Gasteiger partial charge in [0.2, 0.25) is 0 Å². The highest BCUT2D eigenvalue weighted by atomic mass is 35.5. The summed E-state index contributed by atoms with van der Waals surface area (Å²) in [7, 11) is 0. The molecule has 4 rings (SSSR count). The predicted molar refractivity (Wildman–Crippen MR) is 123 cm³/mol. The van der Waals surface area contributed by atoms with Crippen LogP contribution in [0.2, 0.25) is 5.02 Å². The number of rotatable bonds is 6. The first-order valence-corrected chi connectivity index (χ1v) is 11.4. The molecule has 0 bridgehead atoms. The maximum absolute atomic E-state index is 13.1. The second-order valence-corrected chi connectivity index (χ2v) is 8.81. The molecule has 2 N–H and O–H groups in total. The van der Waals surface area contributed by atoms with E-state index in [1.165, 1.54) is 4.90 Å². The fourth-order valence-electron chi connectivity index (χ4n) is 4.38. The van der Waals surface area contributed by atoms with Gasteiger partial charge < -0.3 is 19.6 Å². The lowest BCUT2D eigenvalue weighted by Crippen LogP contribution is -3.14. The summed E-state index contributed by atoms with van der Waals surface area (Å²) < 4.78 is 5.41. The SMILES string of the molecule is Cc1ccc(C(O)=C2C(=O)C(=O)N(CCC[NH+]3CCOCC3)C2c2ccc(Cl)cc2)cc1. The van der Waals surface area contributed by atoms with Gasteiger partial charge in [0.1, 0.15) is 18.8 Å². The van der Waals surface area contributed by atoms with Crippen molar-refractivity contribution in [1.29, 1.82) is 0 Å². The zero-order valence-corrected chi connectivity index (χ0v) is 18.9. The molecule has 2 aliphatic rings. The van der Waals surface area contributed by atoms with Crippen molar-refractivity contribution in [3.8, 4) is 0 Å². The highest BCUT2D eigenvalue weighted by Gasteiger charge is 2.45. The number of benzene rings is 2. The number of likely N-dealkylation sites (tertiary alicyclic amines) is 1. The molecule has 0 spiro atoms. The Morgan fingerprint density at radius 3 is 2.41 bits per heavy atom. The number of nitrogens with zero attached hydrogens (tertiary/aromatic N) is 1. The topological polar surface area (TPSA) is 71.3 Å². The Hall–Kier alpha value is -2.67.